The summed E-state index contributed by atoms with van der Waals surface area (Å²) in [6.45, 7) is 0.799. The third-order valence-electron chi connectivity index (χ3n) is 2.87. The summed E-state index contributed by atoms with van der Waals surface area (Å²) in [4.78, 5) is 12.0. The number of aryl methyl sites for hydroxylation is 1. The Balaban J connectivity index is 2.27. The Morgan fingerprint density at radius 2 is 2.21 bits per heavy atom. The fourth-order valence-electron chi connectivity index (χ4n) is 2.10. The molecule has 0 amide bonds. The highest BCUT2D eigenvalue weighted by Crippen LogP contribution is 2.24. The van der Waals surface area contributed by atoms with E-state index >= 15 is 0 Å². The second-order valence-electron chi connectivity index (χ2n) is 3.81. The maximum atomic E-state index is 12.0. The van der Waals surface area contributed by atoms with E-state index in [2.05, 4.69) is 11.4 Å². The zero-order chi connectivity index (χ0) is 9.97. The summed E-state index contributed by atoms with van der Waals surface area (Å²) in [7, 11) is 1.90. The SMILES string of the molecule is CNC[C@@H]1CCc2ccccc2C1=O. The number of hydrogen-bond acceptors (Lipinski definition) is 2. The molecule has 0 saturated carbocycles. The van der Waals surface area contributed by atoms with Crippen LogP contribution in [0, 0.1) is 5.92 Å². The van der Waals surface area contributed by atoms with Gasteiger partial charge >= 0.3 is 0 Å². The highest BCUT2D eigenvalue weighted by molar-refractivity contribution is 6.00. The van der Waals surface area contributed by atoms with Crippen molar-refractivity contribution in [2.45, 2.75) is 12.8 Å². The average Bonchev–Trinajstić information content (AvgIpc) is 2.23. The second-order valence-corrected chi connectivity index (χ2v) is 3.81. The van der Waals surface area contributed by atoms with Crippen molar-refractivity contribution in [3.63, 3.8) is 0 Å². The van der Waals surface area contributed by atoms with Gasteiger partial charge in [-0.2, -0.15) is 0 Å². The molecule has 0 fully saturated rings. The average molecular weight is 189 g/mol. The Morgan fingerprint density at radius 3 is 3.00 bits per heavy atom. The van der Waals surface area contributed by atoms with Gasteiger partial charge in [-0.3, -0.25) is 4.79 Å². The van der Waals surface area contributed by atoms with E-state index in [1.54, 1.807) is 0 Å². The van der Waals surface area contributed by atoms with Gasteiger partial charge in [-0.05, 0) is 25.5 Å². The highest BCUT2D eigenvalue weighted by Gasteiger charge is 2.25. The van der Waals surface area contributed by atoms with Crippen LogP contribution in [0.3, 0.4) is 0 Å². The van der Waals surface area contributed by atoms with Crippen LogP contribution in [0.4, 0.5) is 0 Å². The molecular formula is C12H15NO. The highest BCUT2D eigenvalue weighted by atomic mass is 16.1. The van der Waals surface area contributed by atoms with Gasteiger partial charge in [-0.25, -0.2) is 0 Å². The van der Waals surface area contributed by atoms with E-state index in [0.29, 0.717) is 5.78 Å². The van der Waals surface area contributed by atoms with Gasteiger partial charge in [0.2, 0.25) is 0 Å². The van der Waals surface area contributed by atoms with Crippen LogP contribution >= 0.6 is 0 Å². The Kier molecular flexibility index (Phi) is 2.64. The van der Waals surface area contributed by atoms with Gasteiger partial charge in [0.05, 0.1) is 0 Å². The molecule has 1 aromatic rings. The van der Waals surface area contributed by atoms with E-state index in [4.69, 9.17) is 0 Å². The van der Waals surface area contributed by atoms with Crippen molar-refractivity contribution in [3.05, 3.63) is 35.4 Å². The van der Waals surface area contributed by atoms with Crippen molar-refractivity contribution in [2.24, 2.45) is 5.92 Å². The molecule has 0 radical (unpaired) electrons. The standard InChI is InChI=1S/C12H15NO/c1-13-8-10-7-6-9-4-2-3-5-11(9)12(10)14/h2-5,10,13H,6-8H2,1H3/t10-/m0/s1. The molecule has 2 heteroatoms. The Morgan fingerprint density at radius 1 is 1.43 bits per heavy atom. The molecule has 0 aromatic heterocycles. The van der Waals surface area contributed by atoms with E-state index in [1.807, 2.05) is 25.2 Å². The van der Waals surface area contributed by atoms with Crippen LogP contribution in [0.25, 0.3) is 0 Å². The molecule has 0 heterocycles. The summed E-state index contributed by atoms with van der Waals surface area (Å²) in [6.07, 6.45) is 2.02. The minimum atomic E-state index is 0.176. The lowest BCUT2D eigenvalue weighted by molar-refractivity contribution is 0.0902. The molecule has 0 spiro atoms. The predicted molar refractivity (Wildman–Crippen MR) is 56.5 cm³/mol. The smallest absolute Gasteiger partial charge is 0.167 e. The number of rotatable bonds is 2. The van der Waals surface area contributed by atoms with Crippen LogP contribution in [0.5, 0.6) is 0 Å². The lowest BCUT2D eigenvalue weighted by Crippen LogP contribution is -2.30. The molecule has 1 atom stereocenters. The zero-order valence-corrected chi connectivity index (χ0v) is 8.42. The van der Waals surface area contributed by atoms with Crippen LogP contribution in [0.2, 0.25) is 0 Å². The lowest BCUT2D eigenvalue weighted by atomic mass is 9.83. The fraction of sp³-hybridized carbons (Fsp3) is 0.417. The van der Waals surface area contributed by atoms with Crippen molar-refractivity contribution in [1.82, 2.24) is 5.32 Å². The van der Waals surface area contributed by atoms with Crippen LogP contribution in [-0.4, -0.2) is 19.4 Å². The first kappa shape index (κ1) is 9.41. The van der Waals surface area contributed by atoms with Gasteiger partial charge < -0.3 is 5.32 Å². The zero-order valence-electron chi connectivity index (χ0n) is 8.42. The minimum Gasteiger partial charge on any atom is -0.319 e. The van der Waals surface area contributed by atoms with Crippen LogP contribution < -0.4 is 5.32 Å². The Hall–Kier alpha value is -1.15. The quantitative estimate of drug-likeness (QED) is 0.766. The lowest BCUT2D eigenvalue weighted by Gasteiger charge is -2.22. The third-order valence-corrected chi connectivity index (χ3v) is 2.87. The fourth-order valence-corrected chi connectivity index (χ4v) is 2.10. The van der Waals surface area contributed by atoms with E-state index < -0.39 is 0 Å². The molecule has 74 valence electrons. The molecule has 0 aliphatic heterocycles. The molecule has 1 aromatic carbocycles. The number of hydrogen-bond donors (Lipinski definition) is 1. The van der Waals surface area contributed by atoms with Gasteiger partial charge in [-0.15, -0.1) is 0 Å². The summed E-state index contributed by atoms with van der Waals surface area (Å²) in [6, 6.07) is 7.95. The first-order valence-corrected chi connectivity index (χ1v) is 5.09. The van der Waals surface area contributed by atoms with E-state index in [1.165, 1.54) is 5.56 Å². The van der Waals surface area contributed by atoms with Crippen molar-refractivity contribution in [1.29, 1.82) is 0 Å². The molecule has 14 heavy (non-hydrogen) atoms. The first-order valence-electron chi connectivity index (χ1n) is 5.09. The van der Waals surface area contributed by atoms with E-state index in [0.717, 1.165) is 24.9 Å². The second kappa shape index (κ2) is 3.93. The van der Waals surface area contributed by atoms with Gasteiger partial charge in [-0.1, -0.05) is 24.3 Å². The number of carbonyl (C=O) groups excluding carboxylic acids is 1. The molecule has 1 aliphatic rings. The summed E-state index contributed by atoms with van der Waals surface area (Å²) in [5.74, 6) is 0.482. The Bertz CT molecular complexity index is 346. The van der Waals surface area contributed by atoms with Gasteiger partial charge in [0.1, 0.15) is 0 Å². The maximum absolute atomic E-state index is 12.0. The van der Waals surface area contributed by atoms with Crippen molar-refractivity contribution >= 4 is 5.78 Å². The number of ketones is 1. The number of carbonyl (C=O) groups is 1. The molecule has 2 nitrogen and oxygen atoms in total. The van der Waals surface area contributed by atoms with Gasteiger partial charge in [0, 0.05) is 18.0 Å². The molecule has 0 bridgehead atoms. The van der Waals surface area contributed by atoms with E-state index in [-0.39, 0.29) is 5.92 Å². The van der Waals surface area contributed by atoms with Crippen molar-refractivity contribution in [3.8, 4) is 0 Å². The normalized spacial score (nSPS) is 20.6. The third kappa shape index (κ3) is 1.58. The number of nitrogens with one attached hydrogen (secondary N) is 1. The van der Waals surface area contributed by atoms with Crippen LogP contribution in [-0.2, 0) is 6.42 Å². The van der Waals surface area contributed by atoms with Crippen LogP contribution in [0.15, 0.2) is 24.3 Å². The maximum Gasteiger partial charge on any atom is 0.167 e. The van der Waals surface area contributed by atoms with Crippen LogP contribution in [0.1, 0.15) is 22.3 Å². The van der Waals surface area contributed by atoms with E-state index in [9.17, 15) is 4.79 Å². The molecule has 2 rings (SSSR count). The van der Waals surface area contributed by atoms with Crippen molar-refractivity contribution < 1.29 is 4.79 Å². The first-order chi connectivity index (χ1) is 6.83. The molecule has 1 N–H and O–H groups in total. The van der Waals surface area contributed by atoms with Crippen molar-refractivity contribution in [2.75, 3.05) is 13.6 Å². The number of Topliss-reactive ketones (excluding diaryl/α,β-unsaturated/α-hetero) is 1. The monoisotopic (exact) mass is 189 g/mol. The molecule has 0 unspecified atom stereocenters. The minimum absolute atomic E-state index is 0.176. The summed E-state index contributed by atoms with van der Waals surface area (Å²) in [5.41, 5.74) is 2.14. The molecular weight excluding hydrogens is 174 g/mol. The largest absolute Gasteiger partial charge is 0.319 e. The summed E-state index contributed by atoms with van der Waals surface area (Å²) in [5, 5.41) is 3.08. The van der Waals surface area contributed by atoms with Gasteiger partial charge in [0.25, 0.3) is 0 Å². The van der Waals surface area contributed by atoms with Gasteiger partial charge in [0.15, 0.2) is 5.78 Å². The summed E-state index contributed by atoms with van der Waals surface area (Å²) < 4.78 is 0. The number of benzene rings is 1. The Labute approximate surface area is 84.3 Å². The summed E-state index contributed by atoms with van der Waals surface area (Å²) >= 11 is 0. The molecule has 1 aliphatic carbocycles. The molecule has 0 saturated heterocycles. The topological polar surface area (TPSA) is 29.1 Å². The number of fused-ring (bicyclic) bond motifs is 1. The predicted octanol–water partition coefficient (Wildman–Crippen LogP) is 1.65.